The predicted molar refractivity (Wildman–Crippen MR) is 109 cm³/mol. The minimum absolute atomic E-state index is 0.155. The average molecular weight is 361 g/mol. The summed E-state index contributed by atoms with van der Waals surface area (Å²) in [5.41, 5.74) is 0.485. The van der Waals surface area contributed by atoms with Crippen LogP contribution in [-0.4, -0.2) is 17.7 Å². The number of rotatable bonds is 15. The fourth-order valence-corrected chi connectivity index (χ4v) is 2.84. The molecule has 0 saturated heterocycles. The van der Waals surface area contributed by atoms with E-state index in [0.717, 1.165) is 19.3 Å². The number of esters is 1. The number of ether oxygens (including phenoxy) is 1. The number of allylic oxidation sites excluding steroid dienone is 2. The quantitative estimate of drug-likeness (QED) is 0.212. The molecule has 0 radical (unpaired) electrons. The molecule has 0 atom stereocenters. The lowest BCUT2D eigenvalue weighted by Crippen LogP contribution is -2.06. The summed E-state index contributed by atoms with van der Waals surface area (Å²) >= 11 is 0. The fraction of sp³-hybridized carbons (Fsp3) is 0.609. The summed E-state index contributed by atoms with van der Waals surface area (Å²) in [5, 5.41) is 9.20. The number of hydrogen-bond donors (Lipinski definition) is 1. The van der Waals surface area contributed by atoms with Gasteiger partial charge >= 0.3 is 5.97 Å². The summed E-state index contributed by atoms with van der Waals surface area (Å²) in [7, 11) is 0. The molecule has 26 heavy (non-hydrogen) atoms. The average Bonchev–Trinajstić information content (AvgIpc) is 2.65. The summed E-state index contributed by atoms with van der Waals surface area (Å²) in [4.78, 5) is 11.8. The fourth-order valence-electron chi connectivity index (χ4n) is 2.84. The molecule has 0 aliphatic rings. The highest BCUT2D eigenvalue weighted by Crippen LogP contribution is 2.11. The number of unbranched alkanes of at least 4 members (excludes halogenated alkanes) is 10. The van der Waals surface area contributed by atoms with Crippen LogP contribution in [0.3, 0.4) is 0 Å². The molecule has 0 fully saturated rings. The number of benzene rings is 1. The van der Waals surface area contributed by atoms with Gasteiger partial charge in [0.05, 0.1) is 12.2 Å². The highest BCUT2D eigenvalue weighted by molar-refractivity contribution is 5.89. The monoisotopic (exact) mass is 360 g/mol. The Labute approximate surface area is 159 Å². The van der Waals surface area contributed by atoms with Crippen LogP contribution in [-0.2, 0) is 4.74 Å². The predicted octanol–water partition coefficient (Wildman–Crippen LogP) is 6.81. The van der Waals surface area contributed by atoms with Crippen molar-refractivity contribution in [2.75, 3.05) is 6.61 Å². The molecule has 1 N–H and O–H groups in total. The maximum atomic E-state index is 11.8. The van der Waals surface area contributed by atoms with Crippen molar-refractivity contribution in [1.82, 2.24) is 0 Å². The van der Waals surface area contributed by atoms with E-state index in [-0.39, 0.29) is 11.7 Å². The molecule has 0 amide bonds. The van der Waals surface area contributed by atoms with Gasteiger partial charge in [-0.15, -0.1) is 0 Å². The third kappa shape index (κ3) is 11.7. The Morgan fingerprint density at radius 3 is 2.00 bits per heavy atom. The van der Waals surface area contributed by atoms with Gasteiger partial charge in [-0.2, -0.15) is 0 Å². The molecular formula is C23H36O3. The Morgan fingerprint density at radius 1 is 0.846 bits per heavy atom. The lowest BCUT2D eigenvalue weighted by atomic mass is 10.1. The number of hydrogen-bond acceptors (Lipinski definition) is 3. The van der Waals surface area contributed by atoms with Crippen molar-refractivity contribution in [1.29, 1.82) is 0 Å². The third-order valence-electron chi connectivity index (χ3n) is 4.49. The van der Waals surface area contributed by atoms with E-state index in [1.807, 2.05) is 0 Å². The van der Waals surface area contributed by atoms with Gasteiger partial charge in [-0.1, -0.05) is 64.0 Å². The molecule has 3 heteroatoms. The Balaban J connectivity index is 1.88. The molecule has 0 aliphatic heterocycles. The van der Waals surface area contributed by atoms with E-state index in [9.17, 15) is 9.90 Å². The standard InChI is InChI=1S/C23H36O3/c1-2-3-4-5-6-7-8-9-10-11-12-13-14-15-20-26-23(25)21-16-18-22(24)19-17-21/h9-10,16-19,24H,2-8,11-15,20H2,1H3/b10-9+. The van der Waals surface area contributed by atoms with Crippen LogP contribution in [0.4, 0.5) is 0 Å². The summed E-state index contributed by atoms with van der Waals surface area (Å²) < 4.78 is 5.24. The smallest absolute Gasteiger partial charge is 0.338 e. The van der Waals surface area contributed by atoms with Crippen molar-refractivity contribution in [3.05, 3.63) is 42.0 Å². The van der Waals surface area contributed by atoms with Gasteiger partial charge in [0, 0.05) is 0 Å². The lowest BCUT2D eigenvalue weighted by molar-refractivity contribution is 0.0497. The maximum absolute atomic E-state index is 11.8. The number of aromatic hydroxyl groups is 1. The van der Waals surface area contributed by atoms with Crippen LogP contribution in [0.1, 0.15) is 94.3 Å². The van der Waals surface area contributed by atoms with Crippen LogP contribution in [0, 0.1) is 0 Å². The van der Waals surface area contributed by atoms with E-state index in [1.54, 1.807) is 12.1 Å². The maximum Gasteiger partial charge on any atom is 0.338 e. The molecule has 1 aromatic carbocycles. The topological polar surface area (TPSA) is 46.5 Å². The number of phenolic OH excluding ortho intramolecular Hbond substituents is 1. The molecule has 0 unspecified atom stereocenters. The van der Waals surface area contributed by atoms with Crippen LogP contribution in [0.15, 0.2) is 36.4 Å². The van der Waals surface area contributed by atoms with Crippen molar-refractivity contribution in [3.63, 3.8) is 0 Å². The normalized spacial score (nSPS) is 11.1. The number of carbonyl (C=O) groups is 1. The highest BCUT2D eigenvalue weighted by Gasteiger charge is 2.06. The highest BCUT2D eigenvalue weighted by atomic mass is 16.5. The Morgan fingerprint density at radius 2 is 1.38 bits per heavy atom. The zero-order valence-corrected chi connectivity index (χ0v) is 16.4. The van der Waals surface area contributed by atoms with Gasteiger partial charge in [-0.3, -0.25) is 0 Å². The summed E-state index contributed by atoms with van der Waals surface area (Å²) in [5.74, 6) is -0.162. The van der Waals surface area contributed by atoms with Gasteiger partial charge in [0.2, 0.25) is 0 Å². The Hall–Kier alpha value is -1.77. The van der Waals surface area contributed by atoms with Crippen LogP contribution < -0.4 is 0 Å². The first kappa shape index (κ1) is 22.3. The van der Waals surface area contributed by atoms with Gasteiger partial charge in [-0.05, 0) is 56.4 Å². The van der Waals surface area contributed by atoms with Crippen molar-refractivity contribution >= 4 is 5.97 Å². The molecule has 1 rings (SSSR count). The van der Waals surface area contributed by atoms with Gasteiger partial charge in [-0.25, -0.2) is 4.79 Å². The largest absolute Gasteiger partial charge is 0.508 e. The van der Waals surface area contributed by atoms with Gasteiger partial charge < -0.3 is 9.84 Å². The molecule has 0 spiro atoms. The molecule has 0 bridgehead atoms. The van der Waals surface area contributed by atoms with E-state index < -0.39 is 0 Å². The van der Waals surface area contributed by atoms with Crippen molar-refractivity contribution < 1.29 is 14.6 Å². The molecule has 3 nitrogen and oxygen atoms in total. The minimum atomic E-state index is -0.317. The molecular weight excluding hydrogens is 324 g/mol. The molecule has 146 valence electrons. The Bertz CT molecular complexity index is 491. The number of phenols is 1. The lowest BCUT2D eigenvalue weighted by Gasteiger charge is -2.04. The first-order valence-electron chi connectivity index (χ1n) is 10.3. The molecule has 0 heterocycles. The van der Waals surface area contributed by atoms with Crippen molar-refractivity contribution in [3.8, 4) is 5.75 Å². The summed E-state index contributed by atoms with van der Waals surface area (Å²) in [6.45, 7) is 2.72. The molecule has 0 aliphatic carbocycles. The van der Waals surface area contributed by atoms with Crippen molar-refractivity contribution in [2.45, 2.75) is 84.0 Å². The van der Waals surface area contributed by atoms with Crippen LogP contribution in [0.2, 0.25) is 0 Å². The van der Waals surface area contributed by atoms with Gasteiger partial charge in [0.1, 0.15) is 5.75 Å². The zero-order chi connectivity index (χ0) is 18.9. The van der Waals surface area contributed by atoms with E-state index in [4.69, 9.17) is 4.74 Å². The first-order valence-corrected chi connectivity index (χ1v) is 10.3. The van der Waals surface area contributed by atoms with E-state index in [0.29, 0.717) is 12.2 Å². The van der Waals surface area contributed by atoms with E-state index in [1.165, 1.54) is 69.9 Å². The Kier molecular flexibility index (Phi) is 13.3. The molecule has 0 saturated carbocycles. The molecule has 1 aromatic rings. The zero-order valence-electron chi connectivity index (χ0n) is 16.4. The second kappa shape index (κ2) is 15.5. The van der Waals surface area contributed by atoms with Crippen molar-refractivity contribution in [2.24, 2.45) is 0 Å². The molecule has 0 aromatic heterocycles. The van der Waals surface area contributed by atoms with Gasteiger partial charge in [0.25, 0.3) is 0 Å². The first-order chi connectivity index (χ1) is 12.7. The van der Waals surface area contributed by atoms with E-state index >= 15 is 0 Å². The van der Waals surface area contributed by atoms with Crippen LogP contribution in [0.5, 0.6) is 5.75 Å². The van der Waals surface area contributed by atoms with E-state index in [2.05, 4.69) is 19.1 Å². The number of carbonyl (C=O) groups excluding carboxylic acids is 1. The van der Waals surface area contributed by atoms with Crippen LogP contribution in [0.25, 0.3) is 0 Å². The second-order valence-electron chi connectivity index (χ2n) is 6.91. The third-order valence-corrected chi connectivity index (χ3v) is 4.49. The SMILES string of the molecule is CCCCCCCC/C=C/CCCCCCOC(=O)c1ccc(O)cc1. The second-order valence-corrected chi connectivity index (χ2v) is 6.91. The minimum Gasteiger partial charge on any atom is -0.508 e. The summed E-state index contributed by atoms with van der Waals surface area (Å²) in [6.07, 6.45) is 19.6. The summed E-state index contributed by atoms with van der Waals surface area (Å²) in [6, 6.07) is 6.15. The van der Waals surface area contributed by atoms with Crippen LogP contribution >= 0.6 is 0 Å². The van der Waals surface area contributed by atoms with Gasteiger partial charge in [0.15, 0.2) is 0 Å².